The molecule has 0 bridgehead atoms. The Kier molecular flexibility index (Phi) is 5.78. The number of hydrogen-bond donors (Lipinski definition) is 1. The highest BCUT2D eigenvalue weighted by Crippen LogP contribution is 2.67. The minimum atomic E-state index is -0.525. The van der Waals surface area contributed by atoms with Crippen LogP contribution in [0.2, 0.25) is 0 Å². The molecule has 2 fully saturated rings. The van der Waals surface area contributed by atoms with Crippen molar-refractivity contribution in [3.05, 3.63) is 42.0 Å². The van der Waals surface area contributed by atoms with Crippen LogP contribution in [-0.2, 0) is 14.3 Å². The first-order valence-electron chi connectivity index (χ1n) is 13.9. The van der Waals surface area contributed by atoms with Gasteiger partial charge < -0.3 is 14.2 Å². The molecule has 1 N–H and O–H groups in total. The van der Waals surface area contributed by atoms with E-state index in [1.165, 1.54) is 0 Å². The second kappa shape index (κ2) is 8.72. The van der Waals surface area contributed by atoms with Gasteiger partial charge in [0.15, 0.2) is 17.3 Å². The lowest BCUT2D eigenvalue weighted by molar-refractivity contribution is -0.141. The van der Waals surface area contributed by atoms with Crippen LogP contribution in [0.15, 0.2) is 42.0 Å². The Balaban J connectivity index is 1.36. The molecule has 6 rings (SSSR count). The molecule has 0 radical (unpaired) electrons. The highest BCUT2D eigenvalue weighted by Gasteiger charge is 2.64. The zero-order valence-corrected chi connectivity index (χ0v) is 22.8. The molecule has 4 aliphatic carbocycles. The molecule has 1 heterocycles. The summed E-state index contributed by atoms with van der Waals surface area (Å²) in [7, 11) is 0. The number of ketones is 2. The minimum absolute atomic E-state index is 0.00980. The van der Waals surface area contributed by atoms with E-state index in [0.717, 1.165) is 18.4 Å². The molecule has 1 aromatic rings. The van der Waals surface area contributed by atoms with Crippen molar-refractivity contribution in [2.24, 2.45) is 46.3 Å². The number of benzene rings is 1. The van der Waals surface area contributed by atoms with Crippen LogP contribution in [0.25, 0.3) is 0 Å². The smallest absolute Gasteiger partial charge is 0.411 e. The number of allylic oxidation sites excluding steroid dienone is 4. The summed E-state index contributed by atoms with van der Waals surface area (Å²) < 4.78 is 17.2. The molecule has 1 aromatic carbocycles. The summed E-state index contributed by atoms with van der Waals surface area (Å²) in [6, 6.07) is 5.26. The van der Waals surface area contributed by atoms with Crippen LogP contribution in [-0.4, -0.2) is 30.6 Å². The molecule has 202 valence electrons. The predicted octanol–water partition coefficient (Wildman–Crippen LogP) is 5.95. The van der Waals surface area contributed by atoms with Gasteiger partial charge in [-0.15, -0.1) is 0 Å². The largest absolute Gasteiger partial charge is 0.454 e. The Morgan fingerprint density at radius 2 is 1.87 bits per heavy atom. The van der Waals surface area contributed by atoms with Crippen molar-refractivity contribution < 1.29 is 28.6 Å². The zero-order valence-electron chi connectivity index (χ0n) is 22.8. The van der Waals surface area contributed by atoms with Gasteiger partial charge in [-0.1, -0.05) is 39.8 Å². The number of Topliss-reactive ketones (excluding diaryl/α,β-unsaturated/α-hetero) is 1. The van der Waals surface area contributed by atoms with Crippen LogP contribution in [0.3, 0.4) is 0 Å². The Bertz CT molecular complexity index is 1270. The van der Waals surface area contributed by atoms with Crippen molar-refractivity contribution in [3.8, 4) is 11.5 Å². The van der Waals surface area contributed by atoms with Crippen molar-refractivity contribution in [1.82, 2.24) is 0 Å². The van der Waals surface area contributed by atoms with Gasteiger partial charge in [-0.3, -0.25) is 14.9 Å². The second-order valence-corrected chi connectivity index (χ2v) is 12.5. The third-order valence-corrected chi connectivity index (χ3v) is 11.0. The highest BCUT2D eigenvalue weighted by molar-refractivity contribution is 5.94. The minimum Gasteiger partial charge on any atom is -0.454 e. The Hall–Kier alpha value is -3.09. The fourth-order valence-corrected chi connectivity index (χ4v) is 8.74. The summed E-state index contributed by atoms with van der Waals surface area (Å²) in [6.45, 7) is 10.5. The quantitative estimate of drug-likeness (QED) is 0.531. The monoisotopic (exact) mass is 519 g/mol. The number of rotatable bonds is 3. The van der Waals surface area contributed by atoms with Gasteiger partial charge in [-0.2, -0.15) is 0 Å². The van der Waals surface area contributed by atoms with Gasteiger partial charge in [0.1, 0.15) is 11.9 Å². The molecule has 0 saturated heterocycles. The van der Waals surface area contributed by atoms with Gasteiger partial charge in [-0.25, -0.2) is 4.79 Å². The lowest BCUT2D eigenvalue weighted by Crippen LogP contribution is -2.59. The summed E-state index contributed by atoms with van der Waals surface area (Å²) >= 11 is 0. The average Bonchev–Trinajstić information content (AvgIpc) is 3.47. The summed E-state index contributed by atoms with van der Waals surface area (Å²) in [5, 5.41) is 2.88. The SMILES string of the molecule is CC(=O)[C@H]1CC[C@H]2[C@@H]3C=CC4=CC(=O)C(C)C(C)[C@@]4(C)[C@@H]3[C@@H](OC(=O)Nc3ccc4c(c3)OCO4)C[C@]12C. The lowest BCUT2D eigenvalue weighted by atomic mass is 9.44. The second-order valence-electron chi connectivity index (χ2n) is 12.5. The average molecular weight is 520 g/mol. The summed E-state index contributed by atoms with van der Waals surface area (Å²) in [5.41, 5.74) is 1.02. The molecular weight excluding hydrogens is 482 g/mol. The zero-order chi connectivity index (χ0) is 27.0. The van der Waals surface area contributed by atoms with Crippen molar-refractivity contribution >= 4 is 23.3 Å². The van der Waals surface area contributed by atoms with Crippen LogP contribution < -0.4 is 14.8 Å². The fourth-order valence-electron chi connectivity index (χ4n) is 8.74. The van der Waals surface area contributed by atoms with E-state index in [-0.39, 0.29) is 58.8 Å². The number of ether oxygens (including phenoxy) is 3. The normalized spacial score (nSPS) is 40.5. The van der Waals surface area contributed by atoms with Crippen LogP contribution in [0.1, 0.15) is 53.9 Å². The molecule has 0 aromatic heterocycles. The highest BCUT2D eigenvalue weighted by atomic mass is 16.7. The van der Waals surface area contributed by atoms with E-state index < -0.39 is 12.2 Å². The molecule has 5 aliphatic rings. The van der Waals surface area contributed by atoms with E-state index >= 15 is 0 Å². The number of amides is 1. The van der Waals surface area contributed by atoms with Crippen LogP contribution in [0.5, 0.6) is 11.5 Å². The summed E-state index contributed by atoms with van der Waals surface area (Å²) in [5.74, 6) is 2.03. The molecule has 1 aliphatic heterocycles. The third-order valence-electron chi connectivity index (χ3n) is 11.0. The van der Waals surface area contributed by atoms with E-state index in [1.807, 2.05) is 13.0 Å². The molecule has 7 nitrogen and oxygen atoms in total. The number of fused-ring (bicyclic) bond motifs is 6. The van der Waals surface area contributed by atoms with Crippen LogP contribution >= 0.6 is 0 Å². The fraction of sp³-hybridized carbons (Fsp3) is 0.581. The molecule has 1 amide bonds. The number of hydrogen-bond acceptors (Lipinski definition) is 6. The summed E-state index contributed by atoms with van der Waals surface area (Å²) in [4.78, 5) is 38.9. The maximum Gasteiger partial charge on any atom is 0.411 e. The molecule has 2 saturated carbocycles. The van der Waals surface area contributed by atoms with Gasteiger partial charge in [-0.05, 0) is 73.1 Å². The van der Waals surface area contributed by atoms with Crippen molar-refractivity contribution in [2.45, 2.75) is 60.0 Å². The van der Waals surface area contributed by atoms with E-state index in [0.29, 0.717) is 29.5 Å². The van der Waals surface area contributed by atoms with Crippen molar-refractivity contribution in [1.29, 1.82) is 0 Å². The first-order chi connectivity index (χ1) is 18.0. The predicted molar refractivity (Wildman–Crippen MR) is 142 cm³/mol. The van der Waals surface area contributed by atoms with Gasteiger partial charge in [0.05, 0.1) is 0 Å². The maximum atomic E-state index is 13.4. The van der Waals surface area contributed by atoms with Crippen molar-refractivity contribution in [2.75, 3.05) is 12.1 Å². The summed E-state index contributed by atoms with van der Waals surface area (Å²) in [6.07, 6.45) is 7.74. The van der Waals surface area contributed by atoms with Crippen LogP contribution in [0, 0.1) is 46.3 Å². The molecule has 2 unspecified atom stereocenters. The van der Waals surface area contributed by atoms with E-state index in [4.69, 9.17) is 14.2 Å². The number of carbonyl (C=O) groups is 3. The number of nitrogens with one attached hydrogen (secondary N) is 1. The van der Waals surface area contributed by atoms with Crippen LogP contribution in [0.4, 0.5) is 10.5 Å². The Morgan fingerprint density at radius 1 is 1.11 bits per heavy atom. The topological polar surface area (TPSA) is 90.9 Å². The number of carbonyl (C=O) groups excluding carboxylic acids is 3. The molecule has 7 heteroatoms. The Morgan fingerprint density at radius 3 is 2.63 bits per heavy atom. The third kappa shape index (κ3) is 3.57. The standard InChI is InChI=1S/C31H37NO6/c1-16-17(2)31(5)19(12-24(16)34)6-8-21-23-10-9-22(18(3)33)30(23,4)14-27(28(21)31)38-29(35)32-20-7-11-25-26(13-20)37-15-36-25/h6-8,11-13,16-17,21-23,27-28H,9-10,14-15H2,1-5H3,(H,32,35)/t16?,17?,21-,22+,23-,27-,28-,30+,31+/m0/s1. The van der Waals surface area contributed by atoms with Gasteiger partial charge >= 0.3 is 6.09 Å². The van der Waals surface area contributed by atoms with Gasteiger partial charge in [0.2, 0.25) is 6.79 Å². The van der Waals surface area contributed by atoms with Gasteiger partial charge in [0, 0.05) is 34.9 Å². The lowest BCUT2D eigenvalue weighted by Gasteiger charge is -2.60. The molecule has 0 spiro atoms. The molecule has 9 atom stereocenters. The Labute approximate surface area is 224 Å². The van der Waals surface area contributed by atoms with Crippen molar-refractivity contribution in [3.63, 3.8) is 0 Å². The molecule has 38 heavy (non-hydrogen) atoms. The van der Waals surface area contributed by atoms with E-state index in [9.17, 15) is 14.4 Å². The van der Waals surface area contributed by atoms with Gasteiger partial charge in [0.25, 0.3) is 0 Å². The first kappa shape index (κ1) is 25.2. The van der Waals surface area contributed by atoms with E-state index in [1.54, 1.807) is 25.1 Å². The van der Waals surface area contributed by atoms with E-state index in [2.05, 4.69) is 38.2 Å². The number of anilines is 1. The maximum absolute atomic E-state index is 13.4. The molecular formula is C31H37NO6. The first-order valence-corrected chi connectivity index (χ1v) is 13.9.